The predicted octanol–water partition coefficient (Wildman–Crippen LogP) is 1.90. The summed E-state index contributed by atoms with van der Waals surface area (Å²) >= 11 is 0. The quantitative estimate of drug-likeness (QED) is 0.810. The largest absolute Gasteiger partial charge is 0.368 e. The first-order valence-electron chi connectivity index (χ1n) is 6.00. The van der Waals surface area contributed by atoms with Crippen molar-refractivity contribution in [2.45, 2.75) is 26.3 Å². The molecule has 0 fully saturated rings. The van der Waals surface area contributed by atoms with Gasteiger partial charge in [-0.3, -0.25) is 9.59 Å². The molecule has 0 aliphatic rings. The summed E-state index contributed by atoms with van der Waals surface area (Å²) in [5.74, 6) is -3.55. The lowest BCUT2D eigenvalue weighted by Crippen LogP contribution is -2.44. The van der Waals surface area contributed by atoms with Gasteiger partial charge in [-0.15, -0.1) is 0 Å². The molecule has 0 aliphatic heterocycles. The van der Waals surface area contributed by atoms with Crippen LogP contribution in [0.1, 0.15) is 30.6 Å². The Bertz CT molecular complexity index is 552. The van der Waals surface area contributed by atoms with E-state index in [0.29, 0.717) is 0 Å². The lowest BCUT2D eigenvalue weighted by atomic mass is 10.1. The molecular formula is C14H16F2N2O2. The molecule has 1 aromatic rings. The Morgan fingerprint density at radius 3 is 2.45 bits per heavy atom. The van der Waals surface area contributed by atoms with Gasteiger partial charge in [-0.05, 0) is 38.5 Å². The average molecular weight is 282 g/mol. The van der Waals surface area contributed by atoms with Crippen LogP contribution in [0.4, 0.5) is 8.78 Å². The molecule has 0 aromatic heterocycles. The molecule has 0 unspecified atom stereocenters. The third-order valence-corrected chi connectivity index (χ3v) is 2.59. The summed E-state index contributed by atoms with van der Waals surface area (Å²) in [4.78, 5) is 23.1. The molecule has 20 heavy (non-hydrogen) atoms. The summed E-state index contributed by atoms with van der Waals surface area (Å²) in [7, 11) is 0. The van der Waals surface area contributed by atoms with E-state index < -0.39 is 29.5 Å². The van der Waals surface area contributed by atoms with Gasteiger partial charge in [0.1, 0.15) is 6.04 Å². The van der Waals surface area contributed by atoms with Crippen molar-refractivity contribution in [2.24, 2.45) is 5.73 Å². The Hall–Kier alpha value is -2.24. The van der Waals surface area contributed by atoms with Crippen LogP contribution in [0.25, 0.3) is 0 Å². The van der Waals surface area contributed by atoms with E-state index >= 15 is 0 Å². The van der Waals surface area contributed by atoms with E-state index in [-0.39, 0.29) is 12.0 Å². The van der Waals surface area contributed by atoms with Crippen LogP contribution in [-0.2, 0) is 4.79 Å². The Morgan fingerprint density at radius 1 is 1.30 bits per heavy atom. The van der Waals surface area contributed by atoms with Gasteiger partial charge in [0.05, 0.1) is 0 Å². The first-order valence-corrected chi connectivity index (χ1v) is 6.00. The highest BCUT2D eigenvalue weighted by atomic mass is 19.2. The number of allylic oxidation sites excluding steroid dienone is 1. The van der Waals surface area contributed by atoms with E-state index in [9.17, 15) is 18.4 Å². The fraction of sp³-hybridized carbons (Fsp3) is 0.286. The Kier molecular flexibility index (Phi) is 5.37. The van der Waals surface area contributed by atoms with Gasteiger partial charge in [-0.1, -0.05) is 11.6 Å². The van der Waals surface area contributed by atoms with Gasteiger partial charge in [0.2, 0.25) is 5.91 Å². The molecule has 6 heteroatoms. The smallest absolute Gasteiger partial charge is 0.252 e. The van der Waals surface area contributed by atoms with Gasteiger partial charge in [0.25, 0.3) is 5.91 Å². The van der Waals surface area contributed by atoms with E-state index in [4.69, 9.17) is 5.73 Å². The van der Waals surface area contributed by atoms with Gasteiger partial charge < -0.3 is 11.1 Å². The topological polar surface area (TPSA) is 72.2 Å². The predicted molar refractivity (Wildman–Crippen MR) is 70.9 cm³/mol. The Morgan fingerprint density at radius 2 is 1.95 bits per heavy atom. The van der Waals surface area contributed by atoms with Gasteiger partial charge in [-0.2, -0.15) is 0 Å². The van der Waals surface area contributed by atoms with Crippen LogP contribution in [0.5, 0.6) is 0 Å². The molecule has 1 atom stereocenters. The highest BCUT2D eigenvalue weighted by Crippen LogP contribution is 2.09. The summed E-state index contributed by atoms with van der Waals surface area (Å²) in [5, 5.41) is 2.39. The Balaban J connectivity index is 2.82. The van der Waals surface area contributed by atoms with Crippen molar-refractivity contribution in [3.8, 4) is 0 Å². The minimum absolute atomic E-state index is 0.0765. The lowest BCUT2D eigenvalue weighted by Gasteiger charge is -2.14. The first kappa shape index (κ1) is 15.8. The fourth-order valence-electron chi connectivity index (χ4n) is 1.48. The normalized spacial score (nSPS) is 11.6. The number of nitrogens with one attached hydrogen (secondary N) is 1. The molecule has 3 N–H and O–H groups in total. The molecule has 0 radical (unpaired) electrons. The number of hydrogen-bond donors (Lipinski definition) is 2. The van der Waals surface area contributed by atoms with Crippen molar-refractivity contribution in [3.05, 3.63) is 47.0 Å². The second kappa shape index (κ2) is 6.79. The lowest BCUT2D eigenvalue weighted by molar-refractivity contribution is -0.119. The number of benzene rings is 1. The fourth-order valence-corrected chi connectivity index (χ4v) is 1.48. The van der Waals surface area contributed by atoms with Crippen LogP contribution in [0.15, 0.2) is 29.8 Å². The zero-order chi connectivity index (χ0) is 15.3. The summed E-state index contributed by atoms with van der Waals surface area (Å²) in [6.45, 7) is 3.68. The number of rotatable bonds is 5. The SMILES string of the molecule is CC(C)=CC[C@@H](NC(=O)c1ccc(F)c(F)c1)C(N)=O. The number of amides is 2. The molecule has 2 amide bonds. The molecule has 4 nitrogen and oxygen atoms in total. The maximum absolute atomic E-state index is 13.0. The number of carbonyl (C=O) groups excluding carboxylic acids is 2. The zero-order valence-electron chi connectivity index (χ0n) is 11.2. The molecule has 108 valence electrons. The van der Waals surface area contributed by atoms with Crippen molar-refractivity contribution in [1.82, 2.24) is 5.32 Å². The van der Waals surface area contributed by atoms with Crippen molar-refractivity contribution >= 4 is 11.8 Å². The summed E-state index contributed by atoms with van der Waals surface area (Å²) in [6, 6.07) is 1.85. The third kappa shape index (κ3) is 4.46. The molecule has 0 saturated heterocycles. The van der Waals surface area contributed by atoms with Crippen LogP contribution >= 0.6 is 0 Å². The minimum atomic E-state index is -1.13. The molecule has 0 heterocycles. The minimum Gasteiger partial charge on any atom is -0.368 e. The van der Waals surface area contributed by atoms with Crippen LogP contribution < -0.4 is 11.1 Å². The van der Waals surface area contributed by atoms with E-state index in [2.05, 4.69) is 5.32 Å². The van der Waals surface area contributed by atoms with Crippen molar-refractivity contribution in [2.75, 3.05) is 0 Å². The van der Waals surface area contributed by atoms with Gasteiger partial charge >= 0.3 is 0 Å². The Labute approximate surface area is 115 Å². The van der Waals surface area contributed by atoms with Crippen molar-refractivity contribution < 1.29 is 18.4 Å². The second-order valence-electron chi connectivity index (χ2n) is 4.57. The zero-order valence-corrected chi connectivity index (χ0v) is 11.2. The molecule has 0 spiro atoms. The molecule has 0 aliphatic carbocycles. The van der Waals surface area contributed by atoms with Crippen molar-refractivity contribution in [3.63, 3.8) is 0 Å². The first-order chi connectivity index (χ1) is 9.31. The maximum atomic E-state index is 13.0. The van der Waals surface area contributed by atoms with E-state index in [0.717, 1.165) is 23.8 Å². The van der Waals surface area contributed by atoms with Crippen molar-refractivity contribution in [1.29, 1.82) is 0 Å². The van der Waals surface area contributed by atoms with E-state index in [1.165, 1.54) is 0 Å². The van der Waals surface area contributed by atoms with Crippen LogP contribution in [0, 0.1) is 11.6 Å². The number of hydrogen-bond acceptors (Lipinski definition) is 2. The summed E-state index contributed by atoms with van der Waals surface area (Å²) in [5.41, 5.74) is 6.08. The third-order valence-electron chi connectivity index (χ3n) is 2.59. The molecule has 0 bridgehead atoms. The van der Waals surface area contributed by atoms with Crippen LogP contribution in [0.2, 0.25) is 0 Å². The van der Waals surface area contributed by atoms with E-state index in [1.807, 2.05) is 13.8 Å². The number of primary amides is 1. The van der Waals surface area contributed by atoms with Crippen LogP contribution in [0.3, 0.4) is 0 Å². The number of carbonyl (C=O) groups is 2. The maximum Gasteiger partial charge on any atom is 0.252 e. The summed E-state index contributed by atoms with van der Waals surface area (Å²) < 4.78 is 25.8. The molecule has 0 saturated carbocycles. The number of halogens is 2. The summed E-state index contributed by atoms with van der Waals surface area (Å²) in [6.07, 6.45) is 1.99. The second-order valence-corrected chi connectivity index (χ2v) is 4.57. The highest BCUT2D eigenvalue weighted by molar-refractivity contribution is 5.97. The van der Waals surface area contributed by atoms with Gasteiger partial charge in [0.15, 0.2) is 11.6 Å². The van der Waals surface area contributed by atoms with E-state index in [1.54, 1.807) is 6.08 Å². The highest BCUT2D eigenvalue weighted by Gasteiger charge is 2.18. The average Bonchev–Trinajstić information content (AvgIpc) is 2.36. The van der Waals surface area contributed by atoms with Gasteiger partial charge in [-0.25, -0.2) is 8.78 Å². The molecular weight excluding hydrogens is 266 g/mol. The number of nitrogens with two attached hydrogens (primary N) is 1. The molecule has 1 rings (SSSR count). The molecule has 1 aromatic carbocycles. The standard InChI is InChI=1S/C14H16F2N2O2/c1-8(2)3-6-12(13(17)19)18-14(20)9-4-5-10(15)11(16)7-9/h3-5,7,12H,6H2,1-2H3,(H2,17,19)(H,18,20)/t12-/m1/s1. The monoisotopic (exact) mass is 282 g/mol. The van der Waals surface area contributed by atoms with Crippen LogP contribution in [-0.4, -0.2) is 17.9 Å². The van der Waals surface area contributed by atoms with Gasteiger partial charge in [0, 0.05) is 5.56 Å².